The minimum absolute atomic E-state index is 0.0720. The summed E-state index contributed by atoms with van der Waals surface area (Å²) in [5.41, 5.74) is 1.87. The maximum absolute atomic E-state index is 13.4. The van der Waals surface area contributed by atoms with Crippen molar-refractivity contribution in [2.45, 2.75) is 73.1 Å². The van der Waals surface area contributed by atoms with E-state index < -0.39 is 5.92 Å². The molecule has 1 heterocycles. The van der Waals surface area contributed by atoms with Gasteiger partial charge in [0.2, 0.25) is 0 Å². The molecule has 0 spiro atoms. The summed E-state index contributed by atoms with van der Waals surface area (Å²) in [6.45, 7) is 13.2. The average Bonchev–Trinajstić information content (AvgIpc) is 2.63. The molecule has 33 heavy (non-hydrogen) atoms. The van der Waals surface area contributed by atoms with Gasteiger partial charge in [-0.05, 0) is 66.3 Å². The van der Waals surface area contributed by atoms with Crippen molar-refractivity contribution in [3.05, 3.63) is 49.3 Å². The molecule has 0 fully saturated rings. The lowest BCUT2D eigenvalue weighted by atomic mass is 9.65. The van der Waals surface area contributed by atoms with E-state index in [1.807, 2.05) is 12.1 Å². The molecule has 0 saturated carbocycles. The Balaban J connectivity index is 1.87. The van der Waals surface area contributed by atoms with Crippen LogP contribution in [0.15, 0.2) is 43.7 Å². The second kappa shape index (κ2) is 8.67. The highest BCUT2D eigenvalue weighted by molar-refractivity contribution is 9.11. The largest absolute Gasteiger partial charge is 0.491 e. The number of hydrogen-bond donors (Lipinski definition) is 0. The summed E-state index contributed by atoms with van der Waals surface area (Å²) in [6, 6.07) is 3.98. The minimum atomic E-state index is -0.414. The molecule has 1 aromatic rings. The summed E-state index contributed by atoms with van der Waals surface area (Å²) in [5.74, 6) is 2.32. The van der Waals surface area contributed by atoms with Crippen LogP contribution in [0.5, 0.6) is 5.75 Å². The molecule has 0 unspecified atom stereocenters. The lowest BCUT2D eigenvalue weighted by Crippen LogP contribution is -2.37. The second-order valence-corrected chi connectivity index (χ2v) is 13.3. The van der Waals surface area contributed by atoms with Gasteiger partial charge in [-0.25, -0.2) is 0 Å². The molecule has 6 heteroatoms. The fourth-order valence-corrected chi connectivity index (χ4v) is 6.59. The van der Waals surface area contributed by atoms with Crippen LogP contribution in [0.2, 0.25) is 0 Å². The third-order valence-corrected chi connectivity index (χ3v) is 7.67. The number of carbonyl (C=O) groups excluding carboxylic acids is 2. The number of ether oxygens (including phenoxy) is 2. The van der Waals surface area contributed by atoms with Crippen LogP contribution >= 0.6 is 31.9 Å². The molecule has 0 amide bonds. The van der Waals surface area contributed by atoms with Crippen molar-refractivity contribution in [1.29, 1.82) is 0 Å². The van der Waals surface area contributed by atoms with E-state index in [0.717, 1.165) is 31.8 Å². The summed E-state index contributed by atoms with van der Waals surface area (Å²) in [5, 5.41) is 0. The molecule has 1 aromatic carbocycles. The number of halogens is 2. The molecule has 178 valence electrons. The average molecular weight is 580 g/mol. The van der Waals surface area contributed by atoms with Gasteiger partial charge in [-0.3, -0.25) is 9.59 Å². The number of allylic oxidation sites excluding steroid dienone is 4. The van der Waals surface area contributed by atoms with Gasteiger partial charge in [0.1, 0.15) is 17.3 Å². The fraction of sp³-hybridized carbons (Fsp3) is 0.556. The number of benzene rings is 1. The Morgan fingerprint density at radius 2 is 1.36 bits per heavy atom. The Labute approximate surface area is 213 Å². The van der Waals surface area contributed by atoms with Crippen LogP contribution in [0.4, 0.5) is 0 Å². The van der Waals surface area contributed by atoms with Crippen molar-refractivity contribution in [1.82, 2.24) is 0 Å². The number of rotatable bonds is 4. The molecule has 0 atom stereocenters. The first-order valence-corrected chi connectivity index (χ1v) is 13.2. The van der Waals surface area contributed by atoms with Crippen molar-refractivity contribution in [2.75, 3.05) is 6.61 Å². The zero-order chi connectivity index (χ0) is 24.3. The molecular weight excluding hydrogens is 548 g/mol. The van der Waals surface area contributed by atoms with Crippen LogP contribution < -0.4 is 4.74 Å². The Morgan fingerprint density at radius 1 is 0.909 bits per heavy atom. The lowest BCUT2D eigenvalue weighted by molar-refractivity contribution is -0.120. The lowest BCUT2D eigenvalue weighted by Gasteiger charge is -2.42. The van der Waals surface area contributed by atoms with Crippen LogP contribution in [0.3, 0.4) is 0 Å². The van der Waals surface area contributed by atoms with Gasteiger partial charge in [0.15, 0.2) is 11.6 Å². The molecule has 0 N–H and O–H groups in total. The van der Waals surface area contributed by atoms with E-state index in [1.165, 1.54) is 0 Å². The number of hydrogen-bond acceptors (Lipinski definition) is 4. The van der Waals surface area contributed by atoms with Crippen LogP contribution in [0, 0.1) is 16.7 Å². The molecule has 4 rings (SSSR count). The highest BCUT2D eigenvalue weighted by Crippen LogP contribution is 2.54. The highest BCUT2D eigenvalue weighted by atomic mass is 79.9. The zero-order valence-corrected chi connectivity index (χ0v) is 23.4. The molecule has 4 nitrogen and oxygen atoms in total. The van der Waals surface area contributed by atoms with Gasteiger partial charge in [-0.1, -0.05) is 41.5 Å². The second-order valence-electron chi connectivity index (χ2n) is 11.6. The number of ketones is 2. The van der Waals surface area contributed by atoms with Gasteiger partial charge >= 0.3 is 0 Å². The SMILES string of the molecule is CC(C)COc1c(Br)cc(C2C3=C(CC(C)(C)CC3=O)OC3=C2C(=O)CC(C)(C)C3)cc1Br. The molecule has 0 radical (unpaired) electrons. The maximum atomic E-state index is 13.4. The van der Waals surface area contributed by atoms with Crippen molar-refractivity contribution in [3.63, 3.8) is 0 Å². The first kappa shape index (κ1) is 24.7. The molecule has 0 bridgehead atoms. The van der Waals surface area contributed by atoms with E-state index in [0.29, 0.717) is 49.4 Å². The Bertz CT molecular complexity index is 1020. The van der Waals surface area contributed by atoms with Crippen LogP contribution in [0.25, 0.3) is 0 Å². The Kier molecular flexibility index (Phi) is 6.50. The van der Waals surface area contributed by atoms with E-state index in [2.05, 4.69) is 73.4 Å². The summed E-state index contributed by atoms with van der Waals surface area (Å²) in [7, 11) is 0. The smallest absolute Gasteiger partial charge is 0.163 e. The van der Waals surface area contributed by atoms with E-state index >= 15 is 0 Å². The van der Waals surface area contributed by atoms with Crippen LogP contribution in [0.1, 0.15) is 78.7 Å². The van der Waals surface area contributed by atoms with E-state index in [-0.39, 0.29) is 22.4 Å². The molecule has 2 aliphatic carbocycles. The van der Waals surface area contributed by atoms with Crippen molar-refractivity contribution in [2.24, 2.45) is 16.7 Å². The third kappa shape index (κ3) is 4.88. The Hall–Kier alpha value is -1.40. The first-order valence-electron chi connectivity index (χ1n) is 11.6. The summed E-state index contributed by atoms with van der Waals surface area (Å²) in [6.07, 6.45) is 2.28. The summed E-state index contributed by atoms with van der Waals surface area (Å²) in [4.78, 5) is 26.9. The molecule has 0 aromatic heterocycles. The number of carbonyl (C=O) groups is 2. The van der Waals surface area contributed by atoms with Gasteiger partial charge < -0.3 is 9.47 Å². The van der Waals surface area contributed by atoms with Crippen LogP contribution in [-0.4, -0.2) is 18.2 Å². The highest BCUT2D eigenvalue weighted by Gasteiger charge is 2.48. The van der Waals surface area contributed by atoms with Gasteiger partial charge in [0.05, 0.1) is 15.6 Å². The predicted octanol–water partition coefficient (Wildman–Crippen LogP) is 7.65. The van der Waals surface area contributed by atoms with Gasteiger partial charge in [-0.15, -0.1) is 0 Å². The molecular formula is C27H32Br2O4. The third-order valence-electron chi connectivity index (χ3n) is 6.50. The first-order chi connectivity index (χ1) is 15.3. The molecule has 3 aliphatic rings. The van der Waals surface area contributed by atoms with E-state index in [1.54, 1.807) is 0 Å². The maximum Gasteiger partial charge on any atom is 0.163 e. The van der Waals surface area contributed by atoms with Crippen molar-refractivity contribution >= 4 is 43.4 Å². The van der Waals surface area contributed by atoms with Gasteiger partial charge in [-0.2, -0.15) is 0 Å². The molecule has 0 saturated heterocycles. The van der Waals surface area contributed by atoms with Gasteiger partial charge in [0, 0.05) is 42.7 Å². The Morgan fingerprint density at radius 3 is 1.79 bits per heavy atom. The topological polar surface area (TPSA) is 52.6 Å². The number of Topliss-reactive ketones (excluding diaryl/α,β-unsaturated/α-hetero) is 2. The summed E-state index contributed by atoms with van der Waals surface area (Å²) < 4.78 is 14.0. The standard InChI is InChI=1S/C27H32Br2O4/c1-14(2)13-32-25-16(28)7-15(8-17(25)29)22-23-18(30)9-26(3,4)11-20(23)33-21-12-27(5,6)10-19(31)24(21)22/h7-8,14,22H,9-13H2,1-6H3. The van der Waals surface area contributed by atoms with E-state index in [9.17, 15) is 9.59 Å². The normalized spacial score (nSPS) is 22.3. The molecule has 1 aliphatic heterocycles. The fourth-order valence-electron chi connectivity index (χ4n) is 5.14. The van der Waals surface area contributed by atoms with Crippen molar-refractivity contribution in [3.8, 4) is 5.75 Å². The van der Waals surface area contributed by atoms with Gasteiger partial charge in [0.25, 0.3) is 0 Å². The zero-order valence-electron chi connectivity index (χ0n) is 20.2. The van der Waals surface area contributed by atoms with Crippen molar-refractivity contribution < 1.29 is 19.1 Å². The predicted molar refractivity (Wildman–Crippen MR) is 136 cm³/mol. The quantitative estimate of drug-likeness (QED) is 0.367. The van der Waals surface area contributed by atoms with Crippen LogP contribution in [-0.2, 0) is 14.3 Å². The summed E-state index contributed by atoms with van der Waals surface area (Å²) >= 11 is 7.34. The monoisotopic (exact) mass is 578 g/mol. The van der Waals surface area contributed by atoms with E-state index in [4.69, 9.17) is 9.47 Å². The minimum Gasteiger partial charge on any atom is -0.491 e.